The minimum Gasteiger partial charge on any atom is -0.455 e. The quantitative estimate of drug-likeness (QED) is 0.235. The summed E-state index contributed by atoms with van der Waals surface area (Å²) >= 11 is 1.69. The molecule has 36 heavy (non-hydrogen) atoms. The van der Waals surface area contributed by atoms with Gasteiger partial charge >= 0.3 is 5.97 Å². The summed E-state index contributed by atoms with van der Waals surface area (Å²) in [6.45, 7) is 3.49. The summed E-state index contributed by atoms with van der Waals surface area (Å²) in [4.78, 5) is 19.6. The number of ether oxygens (including phenoxy) is 1. The third-order valence-corrected chi connectivity index (χ3v) is 9.76. The van der Waals surface area contributed by atoms with E-state index < -0.39 is 5.41 Å². The first-order valence-corrected chi connectivity index (χ1v) is 14.1. The average Bonchev–Trinajstić information content (AvgIpc) is 3.53. The maximum Gasteiger partial charge on any atom is 0.317 e. The molecule has 3 saturated heterocycles. The molecule has 4 aliphatic rings. The van der Waals surface area contributed by atoms with Crippen LogP contribution in [0.5, 0.6) is 0 Å². The van der Waals surface area contributed by atoms with Crippen molar-refractivity contribution >= 4 is 17.3 Å². The number of quaternary nitrogens is 1. The molecule has 2 aromatic heterocycles. The fourth-order valence-corrected chi connectivity index (χ4v) is 7.56. The van der Waals surface area contributed by atoms with E-state index in [0.717, 1.165) is 68.2 Å². The zero-order valence-corrected chi connectivity index (χ0v) is 21.4. The van der Waals surface area contributed by atoms with Crippen molar-refractivity contribution in [1.29, 1.82) is 0 Å². The van der Waals surface area contributed by atoms with Gasteiger partial charge in [0.1, 0.15) is 17.8 Å². The van der Waals surface area contributed by atoms with E-state index in [0.29, 0.717) is 24.2 Å². The van der Waals surface area contributed by atoms with Crippen LogP contribution in [0.4, 0.5) is 4.39 Å². The lowest BCUT2D eigenvalue weighted by Gasteiger charge is -2.51. The van der Waals surface area contributed by atoms with E-state index >= 15 is 0 Å². The molecule has 0 N–H and O–H groups in total. The van der Waals surface area contributed by atoms with Crippen molar-refractivity contribution in [3.05, 3.63) is 58.4 Å². The van der Waals surface area contributed by atoms with E-state index in [2.05, 4.69) is 27.7 Å². The molecule has 1 aromatic carbocycles. The Labute approximate surface area is 215 Å². The van der Waals surface area contributed by atoms with E-state index in [1.54, 1.807) is 23.5 Å². The fourth-order valence-electron chi connectivity index (χ4n) is 6.58. The second-order valence-corrected chi connectivity index (χ2v) is 11.9. The SMILES string of the molecule is O=C(O[C@H]1C[N+]2(Cc3nc(-c4ccc(F)cc4)no3)CCC1CC2)C1(c2cccs2)CCCCCC1. The van der Waals surface area contributed by atoms with Gasteiger partial charge in [-0.3, -0.25) is 4.79 Å². The summed E-state index contributed by atoms with van der Waals surface area (Å²) in [6.07, 6.45) is 8.33. The molecule has 3 aliphatic heterocycles. The first-order chi connectivity index (χ1) is 17.6. The number of benzene rings is 1. The molecule has 8 heteroatoms. The molecule has 4 fully saturated rings. The Bertz CT molecular complexity index is 1180. The molecular formula is C28H33FN3O3S+. The van der Waals surface area contributed by atoms with Crippen molar-refractivity contribution < 1.29 is 22.9 Å². The molecule has 0 unspecified atom stereocenters. The first-order valence-electron chi connectivity index (χ1n) is 13.2. The van der Waals surface area contributed by atoms with Crippen molar-refractivity contribution in [1.82, 2.24) is 10.1 Å². The Balaban J connectivity index is 1.18. The Morgan fingerprint density at radius 1 is 1.11 bits per heavy atom. The Morgan fingerprint density at radius 2 is 1.86 bits per heavy atom. The summed E-state index contributed by atoms with van der Waals surface area (Å²) in [5.74, 6) is 1.18. The number of rotatable bonds is 6. The van der Waals surface area contributed by atoms with Gasteiger partial charge in [0.25, 0.3) is 5.89 Å². The highest BCUT2D eigenvalue weighted by Gasteiger charge is 2.51. The van der Waals surface area contributed by atoms with Crippen molar-refractivity contribution in [3.8, 4) is 11.4 Å². The van der Waals surface area contributed by atoms with Crippen LogP contribution in [-0.2, 0) is 21.5 Å². The van der Waals surface area contributed by atoms with Crippen LogP contribution in [0.25, 0.3) is 11.4 Å². The minimum atomic E-state index is -0.488. The zero-order valence-electron chi connectivity index (χ0n) is 20.5. The Morgan fingerprint density at radius 3 is 2.56 bits per heavy atom. The highest BCUT2D eigenvalue weighted by molar-refractivity contribution is 7.10. The number of aromatic nitrogens is 2. The highest BCUT2D eigenvalue weighted by atomic mass is 32.1. The lowest BCUT2D eigenvalue weighted by molar-refractivity contribution is -0.959. The normalized spacial score (nSPS) is 27.5. The first kappa shape index (κ1) is 23.8. The van der Waals surface area contributed by atoms with Crippen LogP contribution in [-0.4, -0.2) is 46.3 Å². The van der Waals surface area contributed by atoms with Crippen molar-refractivity contribution in [2.45, 2.75) is 69.4 Å². The largest absolute Gasteiger partial charge is 0.455 e. The number of esters is 1. The van der Waals surface area contributed by atoms with Crippen LogP contribution in [0.1, 0.15) is 62.1 Å². The van der Waals surface area contributed by atoms with Gasteiger partial charge in [0.2, 0.25) is 5.82 Å². The van der Waals surface area contributed by atoms with Crippen LogP contribution in [0.15, 0.2) is 46.3 Å². The predicted molar refractivity (Wildman–Crippen MR) is 135 cm³/mol. The summed E-state index contributed by atoms with van der Waals surface area (Å²) in [7, 11) is 0. The lowest BCUT2D eigenvalue weighted by atomic mass is 9.78. The van der Waals surface area contributed by atoms with Crippen LogP contribution < -0.4 is 0 Å². The van der Waals surface area contributed by atoms with Gasteiger partial charge < -0.3 is 13.7 Å². The van der Waals surface area contributed by atoms with E-state index in [-0.39, 0.29) is 17.9 Å². The molecule has 1 saturated carbocycles. The van der Waals surface area contributed by atoms with Gasteiger partial charge in [0, 0.05) is 29.2 Å². The van der Waals surface area contributed by atoms with E-state index in [1.807, 2.05) is 0 Å². The van der Waals surface area contributed by atoms with E-state index in [4.69, 9.17) is 9.26 Å². The van der Waals surface area contributed by atoms with Gasteiger partial charge in [0.05, 0.1) is 13.1 Å². The van der Waals surface area contributed by atoms with Gasteiger partial charge in [-0.05, 0) is 48.6 Å². The molecule has 3 aromatic rings. The molecule has 1 aliphatic carbocycles. The molecular weight excluding hydrogens is 477 g/mol. The molecule has 190 valence electrons. The molecule has 7 rings (SSSR count). The number of thiophene rings is 1. The molecule has 0 spiro atoms. The number of hydrogen-bond donors (Lipinski definition) is 0. The number of halogens is 1. The van der Waals surface area contributed by atoms with Gasteiger partial charge in [-0.2, -0.15) is 4.98 Å². The average molecular weight is 511 g/mol. The summed E-state index contributed by atoms with van der Waals surface area (Å²) in [5.41, 5.74) is 0.246. The zero-order chi connectivity index (χ0) is 24.6. The van der Waals surface area contributed by atoms with E-state index in [9.17, 15) is 9.18 Å². The van der Waals surface area contributed by atoms with Gasteiger partial charge in [0.15, 0.2) is 12.6 Å². The van der Waals surface area contributed by atoms with Crippen molar-refractivity contribution in [2.24, 2.45) is 5.92 Å². The van der Waals surface area contributed by atoms with Crippen LogP contribution in [0.3, 0.4) is 0 Å². The number of piperidine rings is 3. The highest BCUT2D eigenvalue weighted by Crippen LogP contribution is 2.44. The second kappa shape index (κ2) is 9.71. The number of carbonyl (C=O) groups is 1. The molecule has 2 bridgehead atoms. The monoisotopic (exact) mass is 510 g/mol. The summed E-state index contributed by atoms with van der Waals surface area (Å²) < 4.78 is 26.2. The van der Waals surface area contributed by atoms with Gasteiger partial charge in [-0.15, -0.1) is 11.3 Å². The van der Waals surface area contributed by atoms with Crippen LogP contribution in [0, 0.1) is 11.7 Å². The third kappa shape index (κ3) is 4.50. The van der Waals surface area contributed by atoms with Crippen molar-refractivity contribution in [2.75, 3.05) is 19.6 Å². The van der Waals surface area contributed by atoms with Crippen LogP contribution in [0.2, 0.25) is 0 Å². The Hall–Kier alpha value is -2.58. The molecule has 5 heterocycles. The Kier molecular flexibility index (Phi) is 6.42. The molecule has 1 atom stereocenters. The molecule has 6 nitrogen and oxygen atoms in total. The fraction of sp³-hybridized carbons (Fsp3) is 0.536. The summed E-state index contributed by atoms with van der Waals surface area (Å²) in [5, 5.41) is 6.21. The molecule has 0 radical (unpaired) electrons. The minimum absolute atomic E-state index is 0.0138. The third-order valence-electron chi connectivity index (χ3n) is 8.68. The second-order valence-electron chi connectivity index (χ2n) is 10.9. The summed E-state index contributed by atoms with van der Waals surface area (Å²) in [6, 6.07) is 10.3. The molecule has 0 amide bonds. The van der Waals surface area contributed by atoms with Gasteiger partial charge in [-0.1, -0.05) is 36.9 Å². The lowest BCUT2D eigenvalue weighted by Crippen LogP contribution is -2.64. The van der Waals surface area contributed by atoms with Gasteiger partial charge in [-0.25, -0.2) is 4.39 Å². The predicted octanol–water partition coefficient (Wildman–Crippen LogP) is 5.88. The number of carbonyl (C=O) groups excluding carboxylic acids is 1. The maximum absolute atomic E-state index is 13.9. The van der Waals surface area contributed by atoms with Crippen LogP contribution >= 0.6 is 11.3 Å². The number of fused-ring (bicyclic) bond motifs is 3. The number of nitrogens with zero attached hydrogens (tertiary/aromatic N) is 3. The number of hydrogen-bond acceptors (Lipinski definition) is 6. The van der Waals surface area contributed by atoms with E-state index in [1.165, 1.54) is 29.9 Å². The maximum atomic E-state index is 13.9. The smallest absolute Gasteiger partial charge is 0.317 e. The standard InChI is InChI=1S/C28H33FN3O3S/c29-22-9-7-21(8-10-22)26-30-25(35-31-26)19-32-15-11-20(12-16-32)23(18-32)34-27(33)28(24-6-5-17-36-24)13-3-1-2-4-14-28/h5-10,17,20,23H,1-4,11-16,18-19H2/q+1/t20?,23-,32?/m0/s1. The van der Waals surface area contributed by atoms with Crippen molar-refractivity contribution in [3.63, 3.8) is 0 Å². The topological polar surface area (TPSA) is 65.2 Å².